The molecule has 1 atom stereocenters. The van der Waals surface area contributed by atoms with Crippen LogP contribution in [0.2, 0.25) is 0 Å². The molecule has 1 aliphatic rings. The first kappa shape index (κ1) is 19.4. The summed E-state index contributed by atoms with van der Waals surface area (Å²) in [6, 6.07) is 8.08. The van der Waals surface area contributed by atoms with Crippen LogP contribution in [-0.4, -0.2) is 33.8 Å². The molecule has 6 nitrogen and oxygen atoms in total. The number of hydrogen-bond acceptors (Lipinski definition) is 4. The summed E-state index contributed by atoms with van der Waals surface area (Å²) in [6.07, 6.45) is 4.14. The van der Waals surface area contributed by atoms with Crippen molar-refractivity contribution in [2.45, 2.75) is 19.5 Å². The summed E-state index contributed by atoms with van der Waals surface area (Å²) in [4.78, 5) is 16.0. The fourth-order valence-electron chi connectivity index (χ4n) is 2.58. The van der Waals surface area contributed by atoms with Crippen LogP contribution in [-0.2, 0) is 17.9 Å². The van der Waals surface area contributed by atoms with Gasteiger partial charge in [-0.3, -0.25) is 4.79 Å². The maximum absolute atomic E-state index is 12.1. The lowest BCUT2D eigenvalue weighted by Gasteiger charge is -2.13. The molecule has 2 aromatic rings. The van der Waals surface area contributed by atoms with Crippen LogP contribution in [0.25, 0.3) is 0 Å². The molecular formula is C15H21Cl2N5O. The van der Waals surface area contributed by atoms with E-state index in [2.05, 4.69) is 26.8 Å². The molecule has 1 aliphatic heterocycles. The van der Waals surface area contributed by atoms with Gasteiger partial charge < -0.3 is 10.6 Å². The summed E-state index contributed by atoms with van der Waals surface area (Å²) in [7, 11) is 0. The smallest absolute Gasteiger partial charge is 0.224 e. The highest BCUT2D eigenvalue weighted by molar-refractivity contribution is 5.85. The first-order chi connectivity index (χ1) is 10.3. The van der Waals surface area contributed by atoms with Gasteiger partial charge in [-0.1, -0.05) is 24.3 Å². The van der Waals surface area contributed by atoms with Crippen LogP contribution in [0.1, 0.15) is 17.5 Å². The van der Waals surface area contributed by atoms with E-state index in [-0.39, 0.29) is 36.6 Å². The van der Waals surface area contributed by atoms with Gasteiger partial charge in [0.2, 0.25) is 5.91 Å². The molecule has 0 bridgehead atoms. The van der Waals surface area contributed by atoms with E-state index < -0.39 is 0 Å². The molecule has 1 amide bonds. The third-order valence-corrected chi connectivity index (χ3v) is 3.80. The molecule has 2 heterocycles. The van der Waals surface area contributed by atoms with Gasteiger partial charge >= 0.3 is 0 Å². The van der Waals surface area contributed by atoms with Crippen molar-refractivity contribution in [3.8, 4) is 0 Å². The predicted molar refractivity (Wildman–Crippen MR) is 92.9 cm³/mol. The highest BCUT2D eigenvalue weighted by Gasteiger charge is 2.21. The predicted octanol–water partition coefficient (Wildman–Crippen LogP) is 1.40. The molecule has 0 spiro atoms. The molecule has 1 aromatic heterocycles. The molecule has 23 heavy (non-hydrogen) atoms. The summed E-state index contributed by atoms with van der Waals surface area (Å²) in [6.45, 7) is 2.94. The Balaban J connectivity index is 0.00000132. The summed E-state index contributed by atoms with van der Waals surface area (Å²) in [5, 5.41) is 10.4. The Morgan fingerprint density at radius 1 is 1.30 bits per heavy atom. The van der Waals surface area contributed by atoms with E-state index in [1.165, 1.54) is 6.33 Å². The van der Waals surface area contributed by atoms with Gasteiger partial charge in [0.15, 0.2) is 0 Å². The van der Waals surface area contributed by atoms with Gasteiger partial charge in [-0.05, 0) is 24.1 Å². The summed E-state index contributed by atoms with van der Waals surface area (Å²) in [5.74, 6) is 0.239. The van der Waals surface area contributed by atoms with E-state index in [1.54, 1.807) is 11.0 Å². The highest BCUT2D eigenvalue weighted by Crippen LogP contribution is 2.12. The van der Waals surface area contributed by atoms with E-state index in [9.17, 15) is 4.79 Å². The average molecular weight is 358 g/mol. The molecule has 3 rings (SSSR count). The number of halogens is 2. The molecule has 1 aromatic carbocycles. The van der Waals surface area contributed by atoms with Crippen LogP contribution < -0.4 is 10.6 Å². The minimum absolute atomic E-state index is 0. The minimum atomic E-state index is 0. The lowest BCUT2D eigenvalue weighted by molar-refractivity contribution is -0.124. The maximum Gasteiger partial charge on any atom is 0.224 e. The van der Waals surface area contributed by atoms with Gasteiger partial charge in [0.1, 0.15) is 12.7 Å². The number of hydrogen-bond donors (Lipinski definition) is 2. The Labute approximate surface area is 147 Å². The Kier molecular flexibility index (Phi) is 8.02. The number of benzene rings is 1. The molecule has 2 N–H and O–H groups in total. The topological polar surface area (TPSA) is 71.8 Å². The first-order valence-corrected chi connectivity index (χ1v) is 7.20. The lowest BCUT2D eigenvalue weighted by atomic mass is 10.1. The van der Waals surface area contributed by atoms with Crippen molar-refractivity contribution in [3.63, 3.8) is 0 Å². The van der Waals surface area contributed by atoms with E-state index in [4.69, 9.17) is 0 Å². The molecule has 1 fully saturated rings. The zero-order valence-corrected chi connectivity index (χ0v) is 14.3. The SMILES string of the molecule is Cl.Cl.O=C(NCc1ccccc1Cn1cncn1)C1CCNC1. The van der Waals surface area contributed by atoms with Crippen molar-refractivity contribution in [1.29, 1.82) is 0 Å². The van der Waals surface area contributed by atoms with E-state index in [1.807, 2.05) is 18.2 Å². The van der Waals surface area contributed by atoms with E-state index in [0.29, 0.717) is 13.1 Å². The minimum Gasteiger partial charge on any atom is -0.352 e. The Hall–Kier alpha value is -1.63. The van der Waals surface area contributed by atoms with Crippen molar-refractivity contribution in [2.24, 2.45) is 5.92 Å². The van der Waals surface area contributed by atoms with Crippen molar-refractivity contribution >= 4 is 30.7 Å². The third kappa shape index (κ3) is 5.20. The summed E-state index contributed by atoms with van der Waals surface area (Å²) < 4.78 is 1.78. The van der Waals surface area contributed by atoms with Gasteiger partial charge in [0.05, 0.1) is 12.5 Å². The maximum atomic E-state index is 12.1. The number of nitrogens with zero attached hydrogens (tertiary/aromatic N) is 3. The largest absolute Gasteiger partial charge is 0.352 e. The third-order valence-electron chi connectivity index (χ3n) is 3.80. The van der Waals surface area contributed by atoms with Gasteiger partial charge in [-0.2, -0.15) is 5.10 Å². The van der Waals surface area contributed by atoms with Crippen LogP contribution in [0.15, 0.2) is 36.9 Å². The van der Waals surface area contributed by atoms with Gasteiger partial charge in [-0.15, -0.1) is 24.8 Å². The number of rotatable bonds is 5. The van der Waals surface area contributed by atoms with Crippen molar-refractivity contribution in [3.05, 3.63) is 48.0 Å². The van der Waals surface area contributed by atoms with Gasteiger partial charge in [0.25, 0.3) is 0 Å². The molecule has 0 saturated carbocycles. The number of amides is 1. The van der Waals surface area contributed by atoms with Crippen molar-refractivity contribution < 1.29 is 4.79 Å². The van der Waals surface area contributed by atoms with Gasteiger partial charge in [0, 0.05) is 13.1 Å². The highest BCUT2D eigenvalue weighted by atomic mass is 35.5. The zero-order chi connectivity index (χ0) is 14.5. The van der Waals surface area contributed by atoms with Crippen LogP contribution >= 0.6 is 24.8 Å². The summed E-state index contributed by atoms with van der Waals surface area (Å²) in [5.41, 5.74) is 2.26. The summed E-state index contributed by atoms with van der Waals surface area (Å²) >= 11 is 0. The average Bonchev–Trinajstić information content (AvgIpc) is 3.19. The fraction of sp³-hybridized carbons (Fsp3) is 0.400. The first-order valence-electron chi connectivity index (χ1n) is 7.20. The van der Waals surface area contributed by atoms with Gasteiger partial charge in [-0.25, -0.2) is 9.67 Å². The van der Waals surface area contributed by atoms with Crippen molar-refractivity contribution in [2.75, 3.05) is 13.1 Å². The molecule has 1 unspecified atom stereocenters. The molecule has 8 heteroatoms. The lowest BCUT2D eigenvalue weighted by Crippen LogP contribution is -2.31. The second kappa shape index (κ2) is 9.50. The van der Waals surface area contributed by atoms with E-state index >= 15 is 0 Å². The standard InChI is InChI=1S/C15H19N5O.2ClH/c21-15(13-5-6-16-7-13)18-8-12-3-1-2-4-14(12)9-20-11-17-10-19-20;;/h1-4,10-11,13,16H,5-9H2,(H,18,21);2*1H. The second-order valence-corrected chi connectivity index (χ2v) is 5.27. The zero-order valence-electron chi connectivity index (χ0n) is 12.6. The van der Waals surface area contributed by atoms with Crippen LogP contribution in [0.4, 0.5) is 0 Å². The molecule has 126 valence electrons. The van der Waals surface area contributed by atoms with Crippen LogP contribution in [0.3, 0.4) is 0 Å². The van der Waals surface area contributed by atoms with E-state index in [0.717, 1.165) is 30.6 Å². The Morgan fingerprint density at radius 2 is 2.09 bits per heavy atom. The molecule has 0 aliphatic carbocycles. The van der Waals surface area contributed by atoms with Crippen LogP contribution in [0.5, 0.6) is 0 Å². The Morgan fingerprint density at radius 3 is 2.74 bits per heavy atom. The molecule has 0 radical (unpaired) electrons. The Bertz CT molecular complexity index is 600. The second-order valence-electron chi connectivity index (χ2n) is 5.27. The molecule has 1 saturated heterocycles. The number of aromatic nitrogens is 3. The quantitative estimate of drug-likeness (QED) is 0.848. The monoisotopic (exact) mass is 357 g/mol. The molecular weight excluding hydrogens is 337 g/mol. The number of carbonyl (C=O) groups excluding carboxylic acids is 1. The van der Waals surface area contributed by atoms with Crippen molar-refractivity contribution in [1.82, 2.24) is 25.4 Å². The normalized spacial score (nSPS) is 16.3. The number of carbonyl (C=O) groups is 1. The fourth-order valence-corrected chi connectivity index (χ4v) is 2.58. The number of nitrogens with one attached hydrogen (secondary N) is 2. The van der Waals surface area contributed by atoms with Crippen LogP contribution in [0, 0.1) is 5.92 Å².